The average Bonchev–Trinajstić information content (AvgIpc) is 2.69. The van der Waals surface area contributed by atoms with Gasteiger partial charge in [0.05, 0.1) is 5.56 Å². The lowest BCUT2D eigenvalue weighted by molar-refractivity contribution is -0.137. The van der Waals surface area contributed by atoms with Crippen LogP contribution in [0.2, 0.25) is 0 Å². The van der Waals surface area contributed by atoms with Crippen LogP contribution in [0, 0.1) is 0 Å². The SMILES string of the molecule is CN(C)c1ccc(CCN2CCc3nc4ncc(C(F)(F)F)cc4cc3C2)cc1. The molecule has 7 heteroatoms. The Bertz CT molecular complexity index is 1010. The highest BCUT2D eigenvalue weighted by atomic mass is 19.4. The summed E-state index contributed by atoms with van der Waals surface area (Å²) in [6.07, 6.45) is -1.82. The Labute approximate surface area is 168 Å². The van der Waals surface area contributed by atoms with Gasteiger partial charge in [-0.05, 0) is 41.8 Å². The molecule has 0 N–H and O–H groups in total. The van der Waals surface area contributed by atoms with Crippen LogP contribution < -0.4 is 4.90 Å². The molecule has 29 heavy (non-hydrogen) atoms. The van der Waals surface area contributed by atoms with Crippen molar-refractivity contribution in [1.82, 2.24) is 14.9 Å². The largest absolute Gasteiger partial charge is 0.417 e. The van der Waals surface area contributed by atoms with Gasteiger partial charge >= 0.3 is 6.18 Å². The molecule has 0 bridgehead atoms. The molecule has 0 saturated heterocycles. The Morgan fingerprint density at radius 3 is 2.55 bits per heavy atom. The van der Waals surface area contributed by atoms with Crippen molar-refractivity contribution in [3.8, 4) is 0 Å². The van der Waals surface area contributed by atoms with Crippen LogP contribution in [0.5, 0.6) is 0 Å². The molecule has 4 rings (SSSR count). The molecular weight excluding hydrogens is 377 g/mol. The molecule has 1 aliphatic heterocycles. The van der Waals surface area contributed by atoms with Gasteiger partial charge in [0.25, 0.3) is 0 Å². The third-order valence-corrected chi connectivity index (χ3v) is 5.39. The fraction of sp³-hybridized carbons (Fsp3) is 0.364. The number of alkyl halides is 3. The van der Waals surface area contributed by atoms with Gasteiger partial charge in [-0.25, -0.2) is 9.97 Å². The normalized spacial score (nSPS) is 14.8. The Balaban J connectivity index is 1.47. The number of fused-ring (bicyclic) bond motifs is 2. The number of hydrogen-bond acceptors (Lipinski definition) is 4. The second kappa shape index (κ2) is 7.63. The van der Waals surface area contributed by atoms with E-state index in [2.05, 4.69) is 44.0 Å². The Morgan fingerprint density at radius 1 is 1.10 bits per heavy atom. The first-order valence-corrected chi connectivity index (χ1v) is 9.64. The predicted molar refractivity (Wildman–Crippen MR) is 108 cm³/mol. The zero-order chi connectivity index (χ0) is 20.6. The smallest absolute Gasteiger partial charge is 0.378 e. The van der Waals surface area contributed by atoms with Crippen LogP contribution in [0.1, 0.15) is 22.4 Å². The van der Waals surface area contributed by atoms with Gasteiger partial charge in [0, 0.05) is 63.1 Å². The van der Waals surface area contributed by atoms with Crippen molar-refractivity contribution in [3.05, 3.63) is 65.0 Å². The monoisotopic (exact) mass is 400 g/mol. The van der Waals surface area contributed by atoms with Crippen molar-refractivity contribution in [1.29, 1.82) is 0 Å². The van der Waals surface area contributed by atoms with Gasteiger partial charge in [0.2, 0.25) is 0 Å². The summed E-state index contributed by atoms with van der Waals surface area (Å²) in [4.78, 5) is 12.8. The van der Waals surface area contributed by atoms with E-state index in [0.29, 0.717) is 17.6 Å². The maximum atomic E-state index is 13.0. The lowest BCUT2D eigenvalue weighted by Gasteiger charge is -2.28. The van der Waals surface area contributed by atoms with Crippen LogP contribution >= 0.6 is 0 Å². The Morgan fingerprint density at radius 2 is 1.86 bits per heavy atom. The fourth-order valence-corrected chi connectivity index (χ4v) is 3.68. The summed E-state index contributed by atoms with van der Waals surface area (Å²) < 4.78 is 38.9. The molecule has 3 heterocycles. The van der Waals surface area contributed by atoms with Crippen molar-refractivity contribution in [2.45, 2.75) is 25.6 Å². The minimum atomic E-state index is -4.40. The molecule has 0 fully saturated rings. The molecule has 0 unspecified atom stereocenters. The van der Waals surface area contributed by atoms with Crippen LogP contribution in [-0.2, 0) is 25.6 Å². The van der Waals surface area contributed by atoms with E-state index in [0.717, 1.165) is 49.5 Å². The van der Waals surface area contributed by atoms with E-state index in [-0.39, 0.29) is 0 Å². The number of pyridine rings is 2. The molecular formula is C22H23F3N4. The molecule has 2 aromatic heterocycles. The lowest BCUT2D eigenvalue weighted by atomic mass is 10.0. The summed E-state index contributed by atoms with van der Waals surface area (Å²) in [5, 5.41) is 0.444. The van der Waals surface area contributed by atoms with Gasteiger partial charge in [0.1, 0.15) is 0 Å². The molecule has 0 atom stereocenters. The molecule has 0 amide bonds. The van der Waals surface area contributed by atoms with Crippen LogP contribution in [0.4, 0.5) is 18.9 Å². The first-order valence-electron chi connectivity index (χ1n) is 9.64. The van der Waals surface area contributed by atoms with Gasteiger partial charge in [-0.3, -0.25) is 4.90 Å². The minimum Gasteiger partial charge on any atom is -0.378 e. The van der Waals surface area contributed by atoms with Crippen molar-refractivity contribution in [2.75, 3.05) is 32.1 Å². The van der Waals surface area contributed by atoms with E-state index in [4.69, 9.17) is 0 Å². The maximum absolute atomic E-state index is 13.0. The number of halogens is 3. The van der Waals surface area contributed by atoms with Crippen LogP contribution in [0.15, 0.2) is 42.6 Å². The first-order chi connectivity index (χ1) is 13.8. The molecule has 0 radical (unpaired) electrons. The van der Waals surface area contributed by atoms with Crippen molar-refractivity contribution in [2.24, 2.45) is 0 Å². The summed E-state index contributed by atoms with van der Waals surface area (Å²) in [5.74, 6) is 0. The predicted octanol–water partition coefficient (Wildman–Crippen LogP) is 4.32. The second-order valence-electron chi connectivity index (χ2n) is 7.70. The molecule has 152 valence electrons. The fourth-order valence-electron chi connectivity index (χ4n) is 3.68. The zero-order valence-electron chi connectivity index (χ0n) is 16.5. The summed E-state index contributed by atoms with van der Waals surface area (Å²) in [6.45, 7) is 2.49. The number of benzene rings is 1. The van der Waals surface area contributed by atoms with E-state index < -0.39 is 11.7 Å². The van der Waals surface area contributed by atoms with Crippen LogP contribution in [0.3, 0.4) is 0 Å². The number of aromatic nitrogens is 2. The van der Waals surface area contributed by atoms with Crippen molar-refractivity contribution < 1.29 is 13.2 Å². The molecule has 0 saturated carbocycles. The van der Waals surface area contributed by atoms with Crippen molar-refractivity contribution in [3.63, 3.8) is 0 Å². The first kappa shape index (κ1) is 19.6. The molecule has 0 spiro atoms. The highest BCUT2D eigenvalue weighted by Gasteiger charge is 2.31. The number of anilines is 1. The van der Waals surface area contributed by atoms with Gasteiger partial charge in [0.15, 0.2) is 5.65 Å². The summed E-state index contributed by atoms with van der Waals surface area (Å²) in [7, 11) is 4.04. The van der Waals surface area contributed by atoms with Crippen molar-refractivity contribution >= 4 is 16.7 Å². The molecule has 1 aromatic carbocycles. The quantitative estimate of drug-likeness (QED) is 0.653. The standard InChI is InChI=1S/C22H23F3N4/c1-28(2)19-5-3-15(4-6-19)7-9-29-10-8-20-17(14-29)11-16-12-18(22(23,24)25)13-26-21(16)27-20/h3-6,11-13H,7-10,14H2,1-2H3. The van der Waals surface area contributed by atoms with Crippen LogP contribution in [0.25, 0.3) is 11.0 Å². The minimum absolute atomic E-state index is 0.381. The Kier molecular flexibility index (Phi) is 5.17. The molecule has 4 nitrogen and oxygen atoms in total. The van der Waals surface area contributed by atoms with E-state index in [1.54, 1.807) is 0 Å². The highest BCUT2D eigenvalue weighted by molar-refractivity contribution is 5.76. The number of rotatable bonds is 4. The molecule has 1 aliphatic rings. The topological polar surface area (TPSA) is 32.3 Å². The van der Waals surface area contributed by atoms with E-state index in [9.17, 15) is 13.2 Å². The third-order valence-electron chi connectivity index (χ3n) is 5.39. The van der Waals surface area contributed by atoms with Crippen LogP contribution in [-0.4, -0.2) is 42.1 Å². The van der Waals surface area contributed by atoms with E-state index in [1.165, 1.54) is 11.3 Å². The second-order valence-corrected chi connectivity index (χ2v) is 7.70. The molecule has 3 aromatic rings. The third kappa shape index (κ3) is 4.34. The van der Waals surface area contributed by atoms with E-state index in [1.807, 2.05) is 20.2 Å². The van der Waals surface area contributed by atoms with E-state index >= 15 is 0 Å². The lowest BCUT2D eigenvalue weighted by Crippen LogP contribution is -2.32. The summed E-state index contributed by atoms with van der Waals surface area (Å²) >= 11 is 0. The zero-order valence-corrected chi connectivity index (χ0v) is 16.5. The average molecular weight is 400 g/mol. The van der Waals surface area contributed by atoms with Gasteiger partial charge < -0.3 is 4.90 Å². The number of hydrogen-bond donors (Lipinski definition) is 0. The summed E-state index contributed by atoms with van der Waals surface area (Å²) in [5.41, 5.74) is 4.03. The van der Waals surface area contributed by atoms with Gasteiger partial charge in [-0.2, -0.15) is 13.2 Å². The summed E-state index contributed by atoms with van der Waals surface area (Å²) in [6, 6.07) is 11.5. The van der Waals surface area contributed by atoms with Gasteiger partial charge in [-0.1, -0.05) is 12.1 Å². The molecule has 0 aliphatic carbocycles. The van der Waals surface area contributed by atoms with Gasteiger partial charge in [-0.15, -0.1) is 0 Å². The maximum Gasteiger partial charge on any atom is 0.417 e. The number of nitrogens with zero attached hydrogens (tertiary/aromatic N) is 4. The Hall–Kier alpha value is -2.67. The highest BCUT2D eigenvalue weighted by Crippen LogP contribution is 2.31.